The molecule has 0 fully saturated rings. The van der Waals surface area contributed by atoms with Crippen LogP contribution in [0.1, 0.15) is 28.4 Å². The summed E-state index contributed by atoms with van der Waals surface area (Å²) in [5.41, 5.74) is 8.99. The lowest BCUT2D eigenvalue weighted by Gasteiger charge is -2.09. The maximum atomic E-state index is 11.0. The Bertz CT molecular complexity index is 589. The summed E-state index contributed by atoms with van der Waals surface area (Å²) in [6.45, 7) is 5.95. The molecule has 5 heteroatoms. The topological polar surface area (TPSA) is 72.9 Å². The Labute approximate surface area is 112 Å². The Morgan fingerprint density at radius 1 is 1.47 bits per heavy atom. The summed E-state index contributed by atoms with van der Waals surface area (Å²) in [5.74, 6) is -0.466. The first-order chi connectivity index (χ1) is 9.11. The number of amides is 1. The molecule has 0 unspecified atom stereocenters. The second kappa shape index (κ2) is 5.67. The minimum absolute atomic E-state index is 0.411. The molecule has 1 heterocycles. The number of hydrogen-bond acceptors (Lipinski definition) is 3. The molecule has 0 bridgehead atoms. The second-order valence-corrected chi connectivity index (χ2v) is 4.43. The van der Waals surface area contributed by atoms with Crippen molar-refractivity contribution in [1.29, 1.82) is 0 Å². The number of aromatic nitrogens is 2. The van der Waals surface area contributed by atoms with E-state index in [1.54, 1.807) is 10.9 Å². The number of aryl methyl sites for hydroxylation is 1. The summed E-state index contributed by atoms with van der Waals surface area (Å²) in [7, 11) is 0. The largest absolute Gasteiger partial charge is 0.366 e. The van der Waals surface area contributed by atoms with Crippen LogP contribution in [0.15, 0.2) is 30.6 Å². The van der Waals surface area contributed by atoms with E-state index >= 15 is 0 Å². The van der Waals surface area contributed by atoms with E-state index in [4.69, 9.17) is 5.73 Å². The molecule has 0 radical (unpaired) electrons. The number of rotatable bonds is 5. The molecule has 100 valence electrons. The summed E-state index contributed by atoms with van der Waals surface area (Å²) in [4.78, 5) is 11.0. The zero-order valence-electron chi connectivity index (χ0n) is 11.2. The summed E-state index contributed by atoms with van der Waals surface area (Å²) in [6.07, 6.45) is 3.12. The average Bonchev–Trinajstić information content (AvgIpc) is 2.87. The third-order valence-corrected chi connectivity index (χ3v) is 3.02. The molecule has 0 aliphatic carbocycles. The highest BCUT2D eigenvalue weighted by molar-refractivity contribution is 5.92. The molecular weight excluding hydrogens is 240 g/mol. The van der Waals surface area contributed by atoms with Gasteiger partial charge in [-0.15, -0.1) is 0 Å². The van der Waals surface area contributed by atoms with E-state index in [1.807, 2.05) is 12.1 Å². The van der Waals surface area contributed by atoms with Gasteiger partial charge >= 0.3 is 0 Å². The molecule has 0 spiro atoms. The van der Waals surface area contributed by atoms with Crippen molar-refractivity contribution in [3.63, 3.8) is 0 Å². The molecule has 0 aliphatic heterocycles. The first-order valence-electron chi connectivity index (χ1n) is 6.27. The molecular formula is C14H18N4O. The quantitative estimate of drug-likeness (QED) is 0.851. The van der Waals surface area contributed by atoms with Gasteiger partial charge in [0.1, 0.15) is 0 Å². The van der Waals surface area contributed by atoms with Crippen LogP contribution >= 0.6 is 0 Å². The lowest BCUT2D eigenvalue weighted by molar-refractivity contribution is 0.100. The fourth-order valence-corrected chi connectivity index (χ4v) is 1.87. The Morgan fingerprint density at radius 2 is 2.26 bits per heavy atom. The van der Waals surface area contributed by atoms with Crippen molar-refractivity contribution in [1.82, 2.24) is 15.1 Å². The Morgan fingerprint density at radius 3 is 2.84 bits per heavy atom. The van der Waals surface area contributed by atoms with E-state index in [0.717, 1.165) is 18.8 Å². The predicted octanol–water partition coefficient (Wildman–Crippen LogP) is 1.39. The predicted molar refractivity (Wildman–Crippen MR) is 74.2 cm³/mol. The molecule has 1 aromatic heterocycles. The highest BCUT2D eigenvalue weighted by atomic mass is 16.1. The molecule has 1 amide bonds. The fourth-order valence-electron chi connectivity index (χ4n) is 1.87. The minimum atomic E-state index is -0.466. The van der Waals surface area contributed by atoms with Gasteiger partial charge in [-0.3, -0.25) is 4.79 Å². The van der Waals surface area contributed by atoms with Gasteiger partial charge < -0.3 is 11.1 Å². The van der Waals surface area contributed by atoms with Crippen LogP contribution in [-0.4, -0.2) is 22.2 Å². The molecule has 19 heavy (non-hydrogen) atoms. The first-order valence-corrected chi connectivity index (χ1v) is 6.27. The van der Waals surface area contributed by atoms with E-state index in [9.17, 15) is 4.79 Å². The molecule has 2 aromatic rings. The highest BCUT2D eigenvalue weighted by Crippen LogP contribution is 2.14. The van der Waals surface area contributed by atoms with Crippen LogP contribution < -0.4 is 11.1 Å². The van der Waals surface area contributed by atoms with Crippen molar-refractivity contribution < 1.29 is 4.79 Å². The van der Waals surface area contributed by atoms with Gasteiger partial charge in [-0.2, -0.15) is 5.10 Å². The zero-order chi connectivity index (χ0) is 13.8. The van der Waals surface area contributed by atoms with Gasteiger partial charge in [0, 0.05) is 12.7 Å². The summed E-state index contributed by atoms with van der Waals surface area (Å²) in [5, 5.41) is 7.44. The maximum absolute atomic E-state index is 11.0. The number of nitrogens with one attached hydrogen (secondary N) is 1. The molecule has 0 saturated heterocycles. The lowest BCUT2D eigenvalue weighted by atomic mass is 10.1. The van der Waals surface area contributed by atoms with Crippen LogP contribution in [0.5, 0.6) is 0 Å². The Kier molecular flexibility index (Phi) is 3.97. The van der Waals surface area contributed by atoms with E-state index < -0.39 is 5.91 Å². The van der Waals surface area contributed by atoms with Crippen LogP contribution in [0.25, 0.3) is 5.69 Å². The van der Waals surface area contributed by atoms with Gasteiger partial charge in [-0.05, 0) is 36.7 Å². The normalized spacial score (nSPS) is 10.6. The third kappa shape index (κ3) is 3.00. The van der Waals surface area contributed by atoms with Crippen molar-refractivity contribution in [3.8, 4) is 5.69 Å². The van der Waals surface area contributed by atoms with Crippen LogP contribution in [-0.2, 0) is 6.54 Å². The number of carbonyl (C=O) groups excluding carboxylic acids is 1. The maximum Gasteiger partial charge on any atom is 0.251 e. The number of nitrogens with zero attached hydrogens (tertiary/aromatic N) is 2. The number of nitrogens with two attached hydrogens (primary N) is 1. The number of benzene rings is 1. The van der Waals surface area contributed by atoms with Gasteiger partial charge in [0.05, 0.1) is 17.4 Å². The van der Waals surface area contributed by atoms with Crippen LogP contribution in [0.3, 0.4) is 0 Å². The Hall–Kier alpha value is -2.14. The lowest BCUT2D eigenvalue weighted by Crippen LogP contribution is -2.12. The summed E-state index contributed by atoms with van der Waals surface area (Å²) >= 11 is 0. The van der Waals surface area contributed by atoms with Gasteiger partial charge in [0.15, 0.2) is 0 Å². The molecule has 0 atom stereocenters. The van der Waals surface area contributed by atoms with Crippen molar-refractivity contribution in [2.75, 3.05) is 6.54 Å². The second-order valence-electron chi connectivity index (χ2n) is 4.43. The number of carbonyl (C=O) groups is 1. The van der Waals surface area contributed by atoms with Crippen LogP contribution in [0.2, 0.25) is 0 Å². The van der Waals surface area contributed by atoms with Crippen molar-refractivity contribution in [2.24, 2.45) is 5.73 Å². The van der Waals surface area contributed by atoms with E-state index in [-0.39, 0.29) is 0 Å². The minimum Gasteiger partial charge on any atom is -0.366 e. The molecule has 0 saturated carbocycles. The van der Waals surface area contributed by atoms with E-state index in [1.165, 1.54) is 17.3 Å². The van der Waals surface area contributed by atoms with Gasteiger partial charge in [-0.25, -0.2) is 4.68 Å². The standard InChI is InChI=1S/C14H18N4O/c1-3-16-7-11-4-5-13(6-10(11)2)18-9-12(8-17-18)14(15)19/h4-6,8-9,16H,3,7H2,1-2H3,(H2,15,19). The average molecular weight is 258 g/mol. The summed E-state index contributed by atoms with van der Waals surface area (Å²) in [6, 6.07) is 6.10. The highest BCUT2D eigenvalue weighted by Gasteiger charge is 2.06. The van der Waals surface area contributed by atoms with E-state index in [0.29, 0.717) is 5.56 Å². The first kappa shape index (κ1) is 13.3. The van der Waals surface area contributed by atoms with Gasteiger partial charge in [-0.1, -0.05) is 13.0 Å². The number of primary amides is 1. The smallest absolute Gasteiger partial charge is 0.251 e. The third-order valence-electron chi connectivity index (χ3n) is 3.02. The fraction of sp³-hybridized carbons (Fsp3) is 0.286. The molecule has 5 nitrogen and oxygen atoms in total. The molecule has 2 rings (SSSR count). The monoisotopic (exact) mass is 258 g/mol. The summed E-state index contributed by atoms with van der Waals surface area (Å²) < 4.78 is 1.66. The van der Waals surface area contributed by atoms with Gasteiger partial charge in [0.25, 0.3) is 5.91 Å². The molecule has 1 aromatic carbocycles. The van der Waals surface area contributed by atoms with Crippen molar-refractivity contribution in [2.45, 2.75) is 20.4 Å². The molecule has 3 N–H and O–H groups in total. The van der Waals surface area contributed by atoms with Crippen LogP contribution in [0.4, 0.5) is 0 Å². The molecule has 0 aliphatic rings. The van der Waals surface area contributed by atoms with Crippen molar-refractivity contribution in [3.05, 3.63) is 47.3 Å². The van der Waals surface area contributed by atoms with Crippen LogP contribution in [0, 0.1) is 6.92 Å². The number of hydrogen-bond donors (Lipinski definition) is 2. The zero-order valence-corrected chi connectivity index (χ0v) is 11.2. The van der Waals surface area contributed by atoms with Gasteiger partial charge in [0.2, 0.25) is 0 Å². The Balaban J connectivity index is 2.25. The van der Waals surface area contributed by atoms with Crippen molar-refractivity contribution >= 4 is 5.91 Å². The van der Waals surface area contributed by atoms with E-state index in [2.05, 4.69) is 30.3 Å². The SMILES string of the molecule is CCNCc1ccc(-n2cc(C(N)=O)cn2)cc1C.